The number of allylic oxidation sites excluding steroid dienone is 4. The van der Waals surface area contributed by atoms with E-state index in [0.29, 0.717) is 6.04 Å². The molecule has 1 saturated heterocycles. The molecular formula is C24H30N2OS. The summed E-state index contributed by atoms with van der Waals surface area (Å²) in [7, 11) is 0. The van der Waals surface area contributed by atoms with Crippen LogP contribution in [0.3, 0.4) is 0 Å². The lowest BCUT2D eigenvalue weighted by Gasteiger charge is -2.36. The van der Waals surface area contributed by atoms with Crippen molar-refractivity contribution in [2.24, 2.45) is 0 Å². The fourth-order valence-electron chi connectivity index (χ4n) is 4.32. The topological polar surface area (TPSA) is 25.4 Å². The Morgan fingerprint density at radius 2 is 1.93 bits per heavy atom. The molecule has 0 spiro atoms. The van der Waals surface area contributed by atoms with Crippen molar-refractivity contribution < 1.29 is 4.74 Å². The molecule has 3 nitrogen and oxygen atoms in total. The van der Waals surface area contributed by atoms with Gasteiger partial charge in [-0.1, -0.05) is 36.4 Å². The molecule has 0 radical (unpaired) electrons. The summed E-state index contributed by atoms with van der Waals surface area (Å²) in [5.74, 6) is 0. The summed E-state index contributed by atoms with van der Waals surface area (Å²) in [5, 5.41) is 1.19. The maximum absolute atomic E-state index is 5.54. The van der Waals surface area contributed by atoms with E-state index >= 15 is 0 Å². The van der Waals surface area contributed by atoms with E-state index in [1.165, 1.54) is 50.7 Å². The summed E-state index contributed by atoms with van der Waals surface area (Å²) in [5.41, 5.74) is 6.51. The van der Waals surface area contributed by atoms with Crippen molar-refractivity contribution in [3.05, 3.63) is 63.1 Å². The Morgan fingerprint density at radius 1 is 1.18 bits per heavy atom. The van der Waals surface area contributed by atoms with Gasteiger partial charge in [0.15, 0.2) is 0 Å². The fourth-order valence-corrected chi connectivity index (χ4v) is 5.51. The molecule has 0 bridgehead atoms. The minimum absolute atomic E-state index is 0.679. The molecule has 0 unspecified atom stereocenters. The molecule has 0 N–H and O–H groups in total. The van der Waals surface area contributed by atoms with E-state index in [1.807, 2.05) is 11.3 Å². The van der Waals surface area contributed by atoms with Crippen molar-refractivity contribution in [2.45, 2.75) is 52.6 Å². The Bertz CT molecular complexity index is 875. The molecule has 3 heterocycles. The molecule has 2 aromatic rings. The molecule has 1 fully saturated rings. The Morgan fingerprint density at radius 3 is 2.64 bits per heavy atom. The molecule has 1 aromatic heterocycles. The monoisotopic (exact) mass is 394 g/mol. The molecular weight excluding hydrogens is 364 g/mol. The van der Waals surface area contributed by atoms with Gasteiger partial charge in [-0.3, -0.25) is 4.90 Å². The van der Waals surface area contributed by atoms with Crippen LogP contribution in [-0.4, -0.2) is 35.7 Å². The highest BCUT2D eigenvalue weighted by atomic mass is 32.1. The zero-order chi connectivity index (χ0) is 19.5. The van der Waals surface area contributed by atoms with Crippen LogP contribution in [0.2, 0.25) is 0 Å². The first-order valence-electron chi connectivity index (χ1n) is 10.4. The van der Waals surface area contributed by atoms with Gasteiger partial charge in [-0.2, -0.15) is 0 Å². The third-order valence-electron chi connectivity index (χ3n) is 6.13. The van der Waals surface area contributed by atoms with E-state index in [4.69, 9.17) is 9.72 Å². The normalized spacial score (nSPS) is 20.0. The van der Waals surface area contributed by atoms with Crippen molar-refractivity contribution >= 4 is 22.5 Å². The number of hydrogen-bond donors (Lipinski definition) is 0. The highest BCUT2D eigenvalue weighted by Gasteiger charge is 2.27. The average molecular weight is 395 g/mol. The lowest BCUT2D eigenvalue weighted by Crippen LogP contribution is -2.42. The number of aromatic nitrogens is 1. The number of hydrogen-bond acceptors (Lipinski definition) is 4. The Hall–Kier alpha value is -1.75. The third kappa shape index (κ3) is 4.00. The summed E-state index contributed by atoms with van der Waals surface area (Å²) < 4.78 is 5.54. The van der Waals surface area contributed by atoms with E-state index in [-0.39, 0.29) is 0 Å². The SMILES string of the molecule is C/C=C(\C(C)=C(/C)c1nc2c(s1)CN(C1CCOCC1)CC2)c1ccccc1. The summed E-state index contributed by atoms with van der Waals surface area (Å²) in [6.07, 6.45) is 5.63. The third-order valence-corrected chi connectivity index (χ3v) is 7.33. The molecule has 2 aliphatic heterocycles. The molecule has 148 valence electrons. The van der Waals surface area contributed by atoms with Crippen LogP contribution in [0.4, 0.5) is 0 Å². The van der Waals surface area contributed by atoms with Gasteiger partial charge in [-0.25, -0.2) is 4.98 Å². The van der Waals surface area contributed by atoms with Gasteiger partial charge in [-0.05, 0) is 55.9 Å². The highest BCUT2D eigenvalue weighted by molar-refractivity contribution is 7.12. The molecule has 0 aliphatic carbocycles. The Labute approximate surface area is 172 Å². The fraction of sp³-hybridized carbons (Fsp3) is 0.458. The zero-order valence-electron chi connectivity index (χ0n) is 17.2. The van der Waals surface area contributed by atoms with Crippen molar-refractivity contribution in [1.82, 2.24) is 9.88 Å². The molecule has 4 heteroatoms. The number of rotatable bonds is 4. The van der Waals surface area contributed by atoms with Crippen molar-refractivity contribution in [2.75, 3.05) is 19.8 Å². The summed E-state index contributed by atoms with van der Waals surface area (Å²) in [6, 6.07) is 11.3. The first kappa shape index (κ1) is 19.6. The van der Waals surface area contributed by atoms with Crippen molar-refractivity contribution in [3.8, 4) is 0 Å². The molecule has 1 aromatic carbocycles. The van der Waals surface area contributed by atoms with Gasteiger partial charge in [0.05, 0.1) is 5.69 Å². The van der Waals surface area contributed by atoms with Crippen LogP contribution in [0.15, 0.2) is 42.0 Å². The molecule has 0 atom stereocenters. The molecule has 2 aliphatic rings. The lowest BCUT2D eigenvalue weighted by molar-refractivity contribution is 0.0293. The van der Waals surface area contributed by atoms with Crippen LogP contribution >= 0.6 is 11.3 Å². The second-order valence-electron chi connectivity index (χ2n) is 7.77. The molecule has 28 heavy (non-hydrogen) atoms. The largest absolute Gasteiger partial charge is 0.381 e. The smallest absolute Gasteiger partial charge is 0.119 e. The lowest BCUT2D eigenvalue weighted by atomic mass is 9.95. The van der Waals surface area contributed by atoms with Crippen LogP contribution in [0.5, 0.6) is 0 Å². The van der Waals surface area contributed by atoms with E-state index in [0.717, 1.165) is 32.7 Å². The maximum Gasteiger partial charge on any atom is 0.119 e. The highest BCUT2D eigenvalue weighted by Crippen LogP contribution is 2.35. The second kappa shape index (κ2) is 8.73. The minimum Gasteiger partial charge on any atom is -0.381 e. The quantitative estimate of drug-likeness (QED) is 0.633. The summed E-state index contributed by atoms with van der Waals surface area (Å²) in [6.45, 7) is 10.6. The van der Waals surface area contributed by atoms with Crippen LogP contribution in [0.1, 0.15) is 54.8 Å². The number of thiazole rings is 1. The van der Waals surface area contributed by atoms with Crippen molar-refractivity contribution in [1.29, 1.82) is 0 Å². The second-order valence-corrected chi connectivity index (χ2v) is 8.85. The summed E-state index contributed by atoms with van der Waals surface area (Å²) in [4.78, 5) is 9.16. The van der Waals surface area contributed by atoms with Crippen LogP contribution in [0.25, 0.3) is 11.1 Å². The predicted molar refractivity (Wildman–Crippen MR) is 118 cm³/mol. The first-order valence-corrected chi connectivity index (χ1v) is 11.2. The van der Waals surface area contributed by atoms with Crippen LogP contribution in [0, 0.1) is 0 Å². The average Bonchev–Trinajstić information content (AvgIpc) is 3.18. The standard InChI is InChI=1S/C24H30N2OS/c1-4-21(19-8-6-5-7-9-19)17(2)18(3)24-25-22-10-13-26(16-23(22)28-24)20-11-14-27-15-12-20/h4-9,20H,10-16H2,1-3H3/b18-17+,21-4+. The first-order chi connectivity index (χ1) is 13.7. The van der Waals surface area contributed by atoms with Crippen LogP contribution in [-0.2, 0) is 17.7 Å². The predicted octanol–water partition coefficient (Wildman–Crippen LogP) is 5.58. The Balaban J connectivity index is 1.57. The number of ether oxygens (including phenoxy) is 1. The number of nitrogens with zero attached hydrogens (tertiary/aromatic N) is 2. The maximum atomic E-state index is 5.54. The molecule has 0 saturated carbocycles. The van der Waals surface area contributed by atoms with Crippen LogP contribution < -0.4 is 0 Å². The summed E-state index contributed by atoms with van der Waals surface area (Å²) >= 11 is 1.89. The molecule has 0 amide bonds. The van der Waals surface area contributed by atoms with Gasteiger partial charge < -0.3 is 4.74 Å². The van der Waals surface area contributed by atoms with Gasteiger partial charge in [0.25, 0.3) is 0 Å². The van der Waals surface area contributed by atoms with E-state index in [9.17, 15) is 0 Å². The Kier molecular flexibility index (Phi) is 6.10. The van der Waals surface area contributed by atoms with Crippen molar-refractivity contribution in [3.63, 3.8) is 0 Å². The van der Waals surface area contributed by atoms with E-state index in [1.54, 1.807) is 0 Å². The minimum atomic E-state index is 0.679. The number of fused-ring (bicyclic) bond motifs is 1. The van der Waals surface area contributed by atoms with Gasteiger partial charge in [0, 0.05) is 43.6 Å². The van der Waals surface area contributed by atoms with E-state index < -0.39 is 0 Å². The van der Waals surface area contributed by atoms with Gasteiger partial charge in [0.1, 0.15) is 5.01 Å². The van der Waals surface area contributed by atoms with Gasteiger partial charge in [0.2, 0.25) is 0 Å². The number of benzene rings is 1. The molecule has 4 rings (SSSR count). The van der Waals surface area contributed by atoms with Gasteiger partial charge >= 0.3 is 0 Å². The zero-order valence-corrected chi connectivity index (χ0v) is 18.0. The van der Waals surface area contributed by atoms with Gasteiger partial charge in [-0.15, -0.1) is 11.3 Å². The van der Waals surface area contributed by atoms with E-state index in [2.05, 4.69) is 62.1 Å².